The van der Waals surface area contributed by atoms with Crippen molar-refractivity contribution < 1.29 is 14.3 Å². The molecule has 1 N–H and O–H groups in total. The lowest BCUT2D eigenvalue weighted by Gasteiger charge is -2.22. The molecule has 1 rings (SSSR count). The number of likely N-dealkylation sites (tertiary alicyclic amines) is 1. The van der Waals surface area contributed by atoms with E-state index in [0.29, 0.717) is 19.6 Å². The molecule has 5 nitrogen and oxygen atoms in total. The van der Waals surface area contributed by atoms with Crippen molar-refractivity contribution in [1.82, 2.24) is 10.2 Å². The largest absolute Gasteiger partial charge is 0.465 e. The van der Waals surface area contributed by atoms with E-state index < -0.39 is 0 Å². The number of ether oxygens (including phenoxy) is 1. The summed E-state index contributed by atoms with van der Waals surface area (Å²) in [6.45, 7) is 7.61. The molecule has 1 unspecified atom stereocenters. The third-order valence-corrected chi connectivity index (χ3v) is 3.00. The molecular formula is C13H24N2O3. The van der Waals surface area contributed by atoms with Crippen LogP contribution in [0.1, 0.15) is 40.0 Å². The number of hydrogen-bond acceptors (Lipinski definition) is 4. The van der Waals surface area contributed by atoms with E-state index in [2.05, 4.69) is 10.2 Å². The van der Waals surface area contributed by atoms with Gasteiger partial charge in [-0.1, -0.05) is 0 Å². The lowest BCUT2D eigenvalue weighted by molar-refractivity contribution is -0.148. The van der Waals surface area contributed by atoms with Gasteiger partial charge in [0.05, 0.1) is 6.61 Å². The first kappa shape index (κ1) is 15.0. The minimum absolute atomic E-state index is 0.0412. The molecule has 0 bridgehead atoms. The molecule has 0 aromatic heterocycles. The quantitative estimate of drug-likeness (QED) is 0.718. The summed E-state index contributed by atoms with van der Waals surface area (Å²) < 4.78 is 5.05. The third kappa shape index (κ3) is 4.64. The van der Waals surface area contributed by atoms with Crippen LogP contribution in [-0.4, -0.2) is 48.6 Å². The van der Waals surface area contributed by atoms with Crippen LogP contribution in [0.2, 0.25) is 0 Å². The van der Waals surface area contributed by atoms with Crippen LogP contribution in [-0.2, 0) is 14.3 Å². The molecule has 1 amide bonds. The number of esters is 1. The Morgan fingerprint density at radius 1 is 1.44 bits per heavy atom. The van der Waals surface area contributed by atoms with Gasteiger partial charge < -0.3 is 10.1 Å². The van der Waals surface area contributed by atoms with Gasteiger partial charge in [-0.15, -0.1) is 0 Å². The second-order valence-corrected chi connectivity index (χ2v) is 4.92. The van der Waals surface area contributed by atoms with Gasteiger partial charge in [0.25, 0.3) is 0 Å². The molecular weight excluding hydrogens is 232 g/mol. The van der Waals surface area contributed by atoms with Gasteiger partial charge in [-0.25, -0.2) is 0 Å². The van der Waals surface area contributed by atoms with Crippen LogP contribution in [0.15, 0.2) is 0 Å². The fourth-order valence-electron chi connectivity index (χ4n) is 2.24. The first-order chi connectivity index (χ1) is 8.54. The number of amides is 1. The van der Waals surface area contributed by atoms with E-state index in [-0.39, 0.29) is 24.0 Å². The highest BCUT2D eigenvalue weighted by molar-refractivity contribution is 5.77. The first-order valence-corrected chi connectivity index (χ1v) is 6.74. The number of nitrogens with one attached hydrogen (secondary N) is 1. The average molecular weight is 256 g/mol. The number of rotatable bonds is 6. The second kappa shape index (κ2) is 7.36. The third-order valence-electron chi connectivity index (χ3n) is 3.00. The molecule has 0 aliphatic carbocycles. The van der Waals surface area contributed by atoms with Crippen LogP contribution in [0.4, 0.5) is 0 Å². The van der Waals surface area contributed by atoms with Gasteiger partial charge >= 0.3 is 5.97 Å². The summed E-state index contributed by atoms with van der Waals surface area (Å²) in [5.41, 5.74) is 0. The van der Waals surface area contributed by atoms with Gasteiger partial charge in [0.2, 0.25) is 5.91 Å². The summed E-state index contributed by atoms with van der Waals surface area (Å²) in [4.78, 5) is 25.3. The molecule has 1 atom stereocenters. The maximum atomic E-state index is 11.7. The lowest BCUT2D eigenvalue weighted by Crippen LogP contribution is -2.40. The lowest BCUT2D eigenvalue weighted by atomic mass is 10.2. The number of hydrogen-bond donors (Lipinski definition) is 1. The predicted octanol–water partition coefficient (Wildman–Crippen LogP) is 0.929. The normalized spacial score (nSPS) is 20.1. The maximum Gasteiger partial charge on any atom is 0.323 e. The smallest absolute Gasteiger partial charge is 0.323 e. The van der Waals surface area contributed by atoms with E-state index in [1.807, 2.05) is 20.8 Å². The molecule has 1 heterocycles. The van der Waals surface area contributed by atoms with Crippen molar-refractivity contribution in [2.24, 2.45) is 0 Å². The van der Waals surface area contributed by atoms with Crippen LogP contribution in [0.25, 0.3) is 0 Å². The molecule has 0 spiro atoms. The van der Waals surface area contributed by atoms with E-state index in [9.17, 15) is 9.59 Å². The Balaban J connectivity index is 2.36. The van der Waals surface area contributed by atoms with Crippen LogP contribution in [0.5, 0.6) is 0 Å². The molecule has 0 radical (unpaired) electrons. The maximum absolute atomic E-state index is 11.7. The van der Waals surface area contributed by atoms with Gasteiger partial charge in [-0.2, -0.15) is 0 Å². The van der Waals surface area contributed by atoms with Gasteiger partial charge in [-0.05, 0) is 40.2 Å². The number of carbonyl (C=O) groups excluding carboxylic acids is 2. The molecule has 104 valence electrons. The SMILES string of the molecule is CCOC(=O)C1CCCN1CCC(=O)NC(C)C. The Morgan fingerprint density at radius 2 is 2.17 bits per heavy atom. The highest BCUT2D eigenvalue weighted by Gasteiger charge is 2.31. The van der Waals surface area contributed by atoms with Crippen molar-refractivity contribution >= 4 is 11.9 Å². The first-order valence-electron chi connectivity index (χ1n) is 6.74. The van der Waals surface area contributed by atoms with Crippen molar-refractivity contribution in [2.75, 3.05) is 19.7 Å². The molecule has 5 heteroatoms. The van der Waals surface area contributed by atoms with Crippen molar-refractivity contribution in [3.05, 3.63) is 0 Å². The summed E-state index contributed by atoms with van der Waals surface area (Å²) >= 11 is 0. The summed E-state index contributed by atoms with van der Waals surface area (Å²) in [5, 5.41) is 2.85. The molecule has 1 aliphatic rings. The van der Waals surface area contributed by atoms with E-state index in [1.54, 1.807) is 0 Å². The van der Waals surface area contributed by atoms with Crippen LogP contribution >= 0.6 is 0 Å². The highest BCUT2D eigenvalue weighted by Crippen LogP contribution is 2.18. The Labute approximate surface area is 109 Å². The zero-order valence-corrected chi connectivity index (χ0v) is 11.6. The van der Waals surface area contributed by atoms with Crippen molar-refractivity contribution in [3.63, 3.8) is 0 Å². The van der Waals surface area contributed by atoms with Crippen molar-refractivity contribution in [2.45, 2.75) is 52.1 Å². The Hall–Kier alpha value is -1.10. The number of nitrogens with zero attached hydrogens (tertiary/aromatic N) is 1. The minimum Gasteiger partial charge on any atom is -0.465 e. The van der Waals surface area contributed by atoms with E-state index in [4.69, 9.17) is 4.74 Å². The molecule has 18 heavy (non-hydrogen) atoms. The molecule has 1 saturated heterocycles. The fraction of sp³-hybridized carbons (Fsp3) is 0.846. The summed E-state index contributed by atoms with van der Waals surface area (Å²) in [7, 11) is 0. The zero-order valence-electron chi connectivity index (χ0n) is 11.6. The molecule has 1 aliphatic heterocycles. The monoisotopic (exact) mass is 256 g/mol. The van der Waals surface area contributed by atoms with E-state index in [1.165, 1.54) is 0 Å². The minimum atomic E-state index is -0.156. The van der Waals surface area contributed by atoms with E-state index in [0.717, 1.165) is 19.4 Å². The summed E-state index contributed by atoms with van der Waals surface area (Å²) in [5.74, 6) is -0.112. The van der Waals surface area contributed by atoms with Gasteiger partial charge in [-0.3, -0.25) is 14.5 Å². The zero-order chi connectivity index (χ0) is 13.5. The summed E-state index contributed by atoms with van der Waals surface area (Å²) in [6.07, 6.45) is 2.27. The molecule has 0 aromatic carbocycles. The Kier molecular flexibility index (Phi) is 6.12. The summed E-state index contributed by atoms with van der Waals surface area (Å²) in [6, 6.07) is 0.00808. The van der Waals surface area contributed by atoms with Gasteiger partial charge in [0, 0.05) is 19.0 Å². The topological polar surface area (TPSA) is 58.6 Å². The molecule has 0 saturated carbocycles. The van der Waals surface area contributed by atoms with Crippen molar-refractivity contribution in [1.29, 1.82) is 0 Å². The fourth-order valence-corrected chi connectivity index (χ4v) is 2.24. The van der Waals surface area contributed by atoms with Crippen LogP contribution in [0.3, 0.4) is 0 Å². The van der Waals surface area contributed by atoms with E-state index >= 15 is 0 Å². The Morgan fingerprint density at radius 3 is 2.78 bits per heavy atom. The predicted molar refractivity (Wildman–Crippen MR) is 69.1 cm³/mol. The standard InChI is InChI=1S/C13H24N2O3/c1-4-18-13(17)11-6-5-8-15(11)9-7-12(16)14-10(2)3/h10-11H,4-9H2,1-3H3,(H,14,16). The average Bonchev–Trinajstić information content (AvgIpc) is 2.73. The van der Waals surface area contributed by atoms with Crippen LogP contribution in [0, 0.1) is 0 Å². The molecule has 0 aromatic rings. The molecule has 1 fully saturated rings. The number of carbonyl (C=O) groups is 2. The Bertz CT molecular complexity index is 292. The van der Waals surface area contributed by atoms with Crippen LogP contribution < -0.4 is 5.32 Å². The van der Waals surface area contributed by atoms with Crippen molar-refractivity contribution in [3.8, 4) is 0 Å². The van der Waals surface area contributed by atoms with Gasteiger partial charge in [0.15, 0.2) is 0 Å². The second-order valence-electron chi connectivity index (χ2n) is 4.92. The highest BCUT2D eigenvalue weighted by atomic mass is 16.5. The van der Waals surface area contributed by atoms with Gasteiger partial charge in [0.1, 0.15) is 6.04 Å².